The van der Waals surface area contributed by atoms with Crippen molar-refractivity contribution in [3.8, 4) is 11.8 Å². The maximum Gasteiger partial charge on any atom is 0.266 e. The van der Waals surface area contributed by atoms with Gasteiger partial charge in [0.25, 0.3) is 11.8 Å². The van der Waals surface area contributed by atoms with Crippen molar-refractivity contribution in [3.05, 3.63) is 91.9 Å². The number of hydrogen-bond acceptors (Lipinski definition) is 4. The van der Waals surface area contributed by atoms with Gasteiger partial charge in [0.1, 0.15) is 17.4 Å². The maximum absolute atomic E-state index is 12.6. The number of rotatable bonds is 7. The van der Waals surface area contributed by atoms with Crippen molar-refractivity contribution in [1.82, 2.24) is 0 Å². The van der Waals surface area contributed by atoms with E-state index in [1.54, 1.807) is 24.3 Å². The lowest BCUT2D eigenvalue weighted by Crippen LogP contribution is -2.20. The molecule has 0 unspecified atom stereocenters. The molecule has 2 N–H and O–H groups in total. The van der Waals surface area contributed by atoms with Crippen LogP contribution in [0, 0.1) is 25.2 Å². The molecule has 0 radical (unpaired) electrons. The number of hydrogen-bond donors (Lipinski definition) is 2. The number of nitrogens with zero attached hydrogens (tertiary/aromatic N) is 1. The van der Waals surface area contributed by atoms with Gasteiger partial charge in [-0.1, -0.05) is 24.3 Å². The van der Waals surface area contributed by atoms with Crippen molar-refractivity contribution in [3.63, 3.8) is 0 Å². The number of carbonyl (C=O) groups excluding carboxylic acids is 2. The molecule has 0 aliphatic rings. The van der Waals surface area contributed by atoms with Gasteiger partial charge in [0.05, 0.1) is 8.95 Å². The molecule has 0 aliphatic heterocycles. The number of ether oxygens (including phenoxy) is 1. The molecule has 34 heavy (non-hydrogen) atoms. The molecule has 0 aliphatic carbocycles. The Kier molecular flexibility index (Phi) is 8.63. The molecule has 6 nitrogen and oxygen atoms in total. The van der Waals surface area contributed by atoms with E-state index in [1.807, 2.05) is 56.3 Å². The van der Waals surface area contributed by atoms with Gasteiger partial charge in [-0.2, -0.15) is 5.26 Å². The van der Waals surface area contributed by atoms with Gasteiger partial charge < -0.3 is 15.4 Å². The van der Waals surface area contributed by atoms with Gasteiger partial charge in [0.15, 0.2) is 6.61 Å². The van der Waals surface area contributed by atoms with E-state index in [2.05, 4.69) is 42.5 Å². The highest BCUT2D eigenvalue weighted by molar-refractivity contribution is 9.11. The molecule has 3 rings (SSSR count). The number of nitriles is 1. The molecule has 2 amide bonds. The molecule has 0 heterocycles. The third-order valence-corrected chi connectivity index (χ3v) is 5.80. The van der Waals surface area contributed by atoms with E-state index >= 15 is 0 Å². The summed E-state index contributed by atoms with van der Waals surface area (Å²) in [5.41, 5.74) is 3.90. The van der Waals surface area contributed by atoms with Crippen LogP contribution < -0.4 is 15.4 Å². The number of amides is 2. The number of anilines is 2. The molecule has 3 aromatic rings. The molecule has 0 saturated carbocycles. The third kappa shape index (κ3) is 7.04. The van der Waals surface area contributed by atoms with E-state index < -0.39 is 5.91 Å². The highest BCUT2D eigenvalue weighted by Crippen LogP contribution is 2.35. The first-order chi connectivity index (χ1) is 16.2. The summed E-state index contributed by atoms with van der Waals surface area (Å²) in [7, 11) is 0. The van der Waals surface area contributed by atoms with Crippen molar-refractivity contribution in [2.75, 3.05) is 17.2 Å². The predicted octanol–water partition coefficient (Wildman–Crippen LogP) is 6.39. The largest absolute Gasteiger partial charge is 0.481 e. The van der Waals surface area contributed by atoms with Gasteiger partial charge >= 0.3 is 0 Å². The van der Waals surface area contributed by atoms with E-state index in [9.17, 15) is 14.9 Å². The summed E-state index contributed by atoms with van der Waals surface area (Å²) in [6.45, 7) is 3.67. The molecule has 0 bridgehead atoms. The van der Waals surface area contributed by atoms with E-state index in [-0.39, 0.29) is 18.1 Å². The number of aryl methyl sites for hydroxylation is 2. The third-order valence-electron chi connectivity index (χ3n) is 4.62. The fourth-order valence-corrected chi connectivity index (χ4v) is 4.55. The van der Waals surface area contributed by atoms with E-state index in [1.165, 1.54) is 6.08 Å². The minimum Gasteiger partial charge on any atom is -0.481 e. The maximum atomic E-state index is 12.6. The van der Waals surface area contributed by atoms with E-state index in [0.717, 1.165) is 11.1 Å². The molecule has 0 aromatic heterocycles. The standard InChI is InChI=1S/C26H21Br2N3O3/c1-16-5-3-7-20(9-16)30-24(32)15-34-25-22(27)12-18(13-23(25)28)11-19(14-29)26(33)31-21-8-4-6-17(2)10-21/h3-13H,15H2,1-2H3,(H,30,32)(H,31,33)/b19-11+. The summed E-state index contributed by atoms with van der Waals surface area (Å²) in [6, 6.07) is 20.2. The Morgan fingerprint density at radius 3 is 2.03 bits per heavy atom. The molecule has 8 heteroatoms. The summed E-state index contributed by atoms with van der Waals surface area (Å²) < 4.78 is 6.81. The molecule has 0 saturated heterocycles. The molecular formula is C26H21Br2N3O3. The zero-order chi connectivity index (χ0) is 24.7. The summed E-state index contributed by atoms with van der Waals surface area (Å²) in [5.74, 6) is -0.374. The smallest absolute Gasteiger partial charge is 0.266 e. The minimum atomic E-state index is -0.506. The van der Waals surface area contributed by atoms with Gasteiger partial charge in [-0.25, -0.2) is 0 Å². The van der Waals surface area contributed by atoms with Crippen LogP contribution in [0.2, 0.25) is 0 Å². The lowest BCUT2D eigenvalue weighted by Gasteiger charge is -2.12. The average Bonchev–Trinajstić information content (AvgIpc) is 2.77. The van der Waals surface area contributed by atoms with Gasteiger partial charge in [-0.3, -0.25) is 9.59 Å². The highest BCUT2D eigenvalue weighted by Gasteiger charge is 2.14. The molecule has 0 fully saturated rings. The van der Waals surface area contributed by atoms with Crippen molar-refractivity contribution < 1.29 is 14.3 Å². The quantitative estimate of drug-likeness (QED) is 0.249. The van der Waals surface area contributed by atoms with Gasteiger partial charge in [0.2, 0.25) is 0 Å². The summed E-state index contributed by atoms with van der Waals surface area (Å²) >= 11 is 6.87. The SMILES string of the molecule is Cc1cccc(NC(=O)COc2c(Br)cc(/C=C(\C#N)C(=O)Nc3cccc(C)c3)cc2Br)c1. The zero-order valence-corrected chi connectivity index (χ0v) is 21.7. The van der Waals surface area contributed by atoms with Crippen molar-refractivity contribution in [2.45, 2.75) is 13.8 Å². The molecule has 172 valence electrons. The highest BCUT2D eigenvalue weighted by atomic mass is 79.9. The Hall–Kier alpha value is -3.41. The van der Waals surface area contributed by atoms with Gasteiger partial charge in [-0.05, 0) is 105 Å². The first-order valence-electron chi connectivity index (χ1n) is 10.2. The van der Waals surface area contributed by atoms with Crippen molar-refractivity contribution in [2.24, 2.45) is 0 Å². The van der Waals surface area contributed by atoms with Gasteiger partial charge in [-0.15, -0.1) is 0 Å². The van der Waals surface area contributed by atoms with Crippen LogP contribution in [-0.4, -0.2) is 18.4 Å². The number of benzene rings is 3. The molecule has 3 aromatic carbocycles. The van der Waals surface area contributed by atoms with E-state index in [0.29, 0.717) is 31.6 Å². The monoisotopic (exact) mass is 581 g/mol. The molecular weight excluding hydrogens is 562 g/mol. The fourth-order valence-electron chi connectivity index (χ4n) is 3.09. The lowest BCUT2D eigenvalue weighted by molar-refractivity contribution is -0.118. The van der Waals surface area contributed by atoms with Crippen LogP contribution in [0.1, 0.15) is 16.7 Å². The second kappa shape index (κ2) is 11.6. The Morgan fingerprint density at radius 1 is 0.941 bits per heavy atom. The summed E-state index contributed by atoms with van der Waals surface area (Å²) in [5, 5.41) is 15.0. The molecule has 0 spiro atoms. The van der Waals surface area contributed by atoms with Gasteiger partial charge in [0, 0.05) is 11.4 Å². The van der Waals surface area contributed by atoms with Crippen LogP contribution in [0.15, 0.2) is 75.2 Å². The normalized spacial score (nSPS) is 10.9. The fraction of sp³-hybridized carbons (Fsp3) is 0.115. The number of carbonyl (C=O) groups is 2. The Balaban J connectivity index is 1.69. The average molecular weight is 583 g/mol. The Labute approximate surface area is 214 Å². The second-order valence-corrected chi connectivity index (χ2v) is 9.22. The Morgan fingerprint density at radius 2 is 1.50 bits per heavy atom. The van der Waals surface area contributed by atoms with Crippen LogP contribution in [0.4, 0.5) is 11.4 Å². The minimum absolute atomic E-state index is 0.0495. The molecule has 0 atom stereocenters. The van der Waals surface area contributed by atoms with Crippen LogP contribution in [-0.2, 0) is 9.59 Å². The first kappa shape index (κ1) is 25.2. The predicted molar refractivity (Wildman–Crippen MR) is 141 cm³/mol. The van der Waals surface area contributed by atoms with Crippen LogP contribution in [0.3, 0.4) is 0 Å². The number of halogens is 2. The van der Waals surface area contributed by atoms with Crippen LogP contribution >= 0.6 is 31.9 Å². The Bertz CT molecular complexity index is 1290. The summed E-state index contributed by atoms with van der Waals surface area (Å²) in [6.07, 6.45) is 1.48. The van der Waals surface area contributed by atoms with Crippen molar-refractivity contribution >= 4 is 61.1 Å². The number of nitrogens with one attached hydrogen (secondary N) is 2. The van der Waals surface area contributed by atoms with Crippen LogP contribution in [0.5, 0.6) is 5.75 Å². The zero-order valence-electron chi connectivity index (χ0n) is 18.5. The van der Waals surface area contributed by atoms with Crippen LogP contribution in [0.25, 0.3) is 6.08 Å². The van der Waals surface area contributed by atoms with Crippen molar-refractivity contribution in [1.29, 1.82) is 5.26 Å². The topological polar surface area (TPSA) is 91.2 Å². The summed E-state index contributed by atoms with van der Waals surface area (Å²) in [4.78, 5) is 24.8. The lowest BCUT2D eigenvalue weighted by atomic mass is 10.1. The van der Waals surface area contributed by atoms with E-state index in [4.69, 9.17) is 4.74 Å². The second-order valence-electron chi connectivity index (χ2n) is 7.51. The first-order valence-corrected chi connectivity index (χ1v) is 11.8.